The minimum atomic E-state index is -0.392. The highest BCUT2D eigenvalue weighted by Gasteiger charge is 2.40. The smallest absolute Gasteiger partial charge is 0.282 e. The maximum atomic E-state index is 13.3. The van der Waals surface area contributed by atoms with E-state index in [0.717, 1.165) is 27.3 Å². The molecule has 0 fully saturated rings. The summed E-state index contributed by atoms with van der Waals surface area (Å²) in [6.07, 6.45) is 0. The van der Waals surface area contributed by atoms with Crippen LogP contribution in [0.1, 0.15) is 21.6 Å². The number of nitrogens with one attached hydrogen (secondary N) is 1. The van der Waals surface area contributed by atoms with Crippen LogP contribution in [0.25, 0.3) is 5.57 Å². The minimum absolute atomic E-state index is 0.275. The summed E-state index contributed by atoms with van der Waals surface area (Å²) in [6, 6.07) is 14.8. The van der Waals surface area contributed by atoms with E-state index in [2.05, 4.69) is 5.32 Å². The quantitative estimate of drug-likeness (QED) is 0.547. The van der Waals surface area contributed by atoms with Crippen LogP contribution in [0.2, 0.25) is 5.02 Å². The van der Waals surface area contributed by atoms with Crippen LogP contribution in [-0.4, -0.2) is 11.8 Å². The molecule has 2 aromatic carbocycles. The Bertz CT molecular complexity index is 1170. The number of halogens is 1. The first-order chi connectivity index (χ1) is 13.9. The van der Waals surface area contributed by atoms with Gasteiger partial charge in [0.05, 0.1) is 11.3 Å². The van der Waals surface area contributed by atoms with E-state index in [1.54, 1.807) is 18.2 Å². The molecule has 0 saturated carbocycles. The van der Waals surface area contributed by atoms with Gasteiger partial charge in [0.15, 0.2) is 0 Å². The van der Waals surface area contributed by atoms with E-state index in [-0.39, 0.29) is 11.6 Å². The van der Waals surface area contributed by atoms with Crippen LogP contribution in [-0.2, 0) is 9.59 Å². The number of amides is 2. The van der Waals surface area contributed by atoms with Gasteiger partial charge >= 0.3 is 0 Å². The van der Waals surface area contributed by atoms with Gasteiger partial charge in [-0.3, -0.25) is 9.59 Å². The summed E-state index contributed by atoms with van der Waals surface area (Å²) in [5, 5.41) is 5.59. The van der Waals surface area contributed by atoms with E-state index in [4.69, 9.17) is 11.6 Å². The molecule has 2 amide bonds. The predicted octanol–water partition coefficient (Wildman–Crippen LogP) is 5.72. The lowest BCUT2D eigenvalue weighted by molar-refractivity contribution is -0.120. The number of aryl methyl sites for hydroxylation is 3. The summed E-state index contributed by atoms with van der Waals surface area (Å²) in [4.78, 5) is 28.6. The highest BCUT2D eigenvalue weighted by atomic mass is 35.5. The van der Waals surface area contributed by atoms with Crippen LogP contribution in [0.4, 0.5) is 11.4 Å². The number of benzene rings is 2. The van der Waals surface area contributed by atoms with Crippen molar-refractivity contribution in [2.45, 2.75) is 20.8 Å². The standard InChI is InChI=1S/C23H19ClN2O2S/c1-13-6-8-16(11-15(13)3)25-21-20(19-5-4-10-29-19)22(27)26(23(21)28)17-9-7-14(2)18(24)12-17/h4-12,25H,1-3H3. The van der Waals surface area contributed by atoms with Gasteiger partial charge in [-0.2, -0.15) is 0 Å². The number of hydrogen-bond donors (Lipinski definition) is 1. The van der Waals surface area contributed by atoms with Crippen molar-refractivity contribution < 1.29 is 9.59 Å². The van der Waals surface area contributed by atoms with Gasteiger partial charge in [-0.25, -0.2) is 4.90 Å². The Balaban J connectivity index is 1.80. The van der Waals surface area contributed by atoms with Crippen molar-refractivity contribution in [2.75, 3.05) is 10.2 Å². The van der Waals surface area contributed by atoms with Crippen LogP contribution >= 0.6 is 22.9 Å². The van der Waals surface area contributed by atoms with E-state index < -0.39 is 5.91 Å². The number of nitrogens with zero attached hydrogens (tertiary/aromatic N) is 1. The molecule has 3 aromatic rings. The summed E-state index contributed by atoms with van der Waals surface area (Å²) in [7, 11) is 0. The second-order valence-electron chi connectivity index (χ2n) is 7.03. The summed E-state index contributed by atoms with van der Waals surface area (Å²) in [5.74, 6) is -0.750. The molecule has 4 nitrogen and oxygen atoms in total. The molecule has 0 unspecified atom stereocenters. The molecule has 2 heterocycles. The Kier molecular flexibility index (Phi) is 5.03. The Hall–Kier alpha value is -2.89. The van der Waals surface area contributed by atoms with Crippen LogP contribution in [0.15, 0.2) is 59.6 Å². The number of imide groups is 1. The molecule has 29 heavy (non-hydrogen) atoms. The first-order valence-electron chi connectivity index (χ1n) is 9.14. The molecule has 0 spiro atoms. The van der Waals surface area contributed by atoms with Crippen molar-refractivity contribution in [3.05, 3.63) is 86.2 Å². The molecule has 0 aliphatic carbocycles. The zero-order valence-electron chi connectivity index (χ0n) is 16.2. The van der Waals surface area contributed by atoms with Gasteiger partial charge in [-0.15, -0.1) is 11.3 Å². The van der Waals surface area contributed by atoms with Crippen LogP contribution in [0.5, 0.6) is 0 Å². The largest absolute Gasteiger partial charge is 0.350 e. The van der Waals surface area contributed by atoms with E-state index in [1.165, 1.54) is 16.2 Å². The lowest BCUT2D eigenvalue weighted by Gasteiger charge is -2.16. The molecule has 1 N–H and O–H groups in total. The Morgan fingerprint density at radius 2 is 1.66 bits per heavy atom. The molecule has 4 rings (SSSR count). The van der Waals surface area contributed by atoms with Crippen LogP contribution in [0.3, 0.4) is 0 Å². The SMILES string of the molecule is Cc1ccc(NC2=C(c3cccs3)C(=O)N(c3ccc(C)c(Cl)c3)C2=O)cc1C. The molecule has 0 saturated heterocycles. The molecule has 0 bridgehead atoms. The normalized spacial score (nSPS) is 14.1. The van der Waals surface area contributed by atoms with Gasteiger partial charge in [0.2, 0.25) is 0 Å². The molecule has 146 valence electrons. The molecule has 0 atom stereocenters. The van der Waals surface area contributed by atoms with Gasteiger partial charge in [-0.1, -0.05) is 29.8 Å². The van der Waals surface area contributed by atoms with Gasteiger partial charge < -0.3 is 5.32 Å². The Labute approximate surface area is 178 Å². The third kappa shape index (κ3) is 3.48. The summed E-state index contributed by atoms with van der Waals surface area (Å²) in [6.45, 7) is 5.92. The summed E-state index contributed by atoms with van der Waals surface area (Å²) >= 11 is 7.67. The molecule has 1 aliphatic rings. The number of hydrogen-bond acceptors (Lipinski definition) is 4. The van der Waals surface area contributed by atoms with Crippen LogP contribution in [0, 0.1) is 20.8 Å². The van der Waals surface area contributed by atoms with Crippen molar-refractivity contribution >= 4 is 51.7 Å². The number of carbonyl (C=O) groups is 2. The van der Waals surface area contributed by atoms with Crippen molar-refractivity contribution in [3.63, 3.8) is 0 Å². The fourth-order valence-electron chi connectivity index (χ4n) is 3.21. The predicted molar refractivity (Wildman–Crippen MR) is 119 cm³/mol. The van der Waals surface area contributed by atoms with Crippen molar-refractivity contribution in [3.8, 4) is 0 Å². The molecule has 1 aromatic heterocycles. The number of anilines is 2. The van der Waals surface area contributed by atoms with Gasteiger partial charge in [-0.05, 0) is 73.2 Å². The minimum Gasteiger partial charge on any atom is -0.350 e. The van der Waals surface area contributed by atoms with E-state index in [9.17, 15) is 9.59 Å². The fourth-order valence-corrected chi connectivity index (χ4v) is 4.16. The molecular formula is C23H19ClN2O2S. The zero-order valence-corrected chi connectivity index (χ0v) is 17.8. The number of rotatable bonds is 4. The lowest BCUT2D eigenvalue weighted by atomic mass is 10.1. The first kappa shape index (κ1) is 19.4. The van der Waals surface area contributed by atoms with Crippen LogP contribution < -0.4 is 10.2 Å². The van der Waals surface area contributed by atoms with Crippen molar-refractivity contribution in [1.82, 2.24) is 0 Å². The number of thiophene rings is 1. The average Bonchev–Trinajstić information content (AvgIpc) is 3.28. The maximum absolute atomic E-state index is 13.3. The fraction of sp³-hybridized carbons (Fsp3) is 0.130. The van der Waals surface area contributed by atoms with Crippen molar-refractivity contribution in [1.29, 1.82) is 0 Å². The van der Waals surface area contributed by atoms with Gasteiger partial charge in [0.1, 0.15) is 5.70 Å². The van der Waals surface area contributed by atoms with E-state index in [1.807, 2.05) is 56.5 Å². The Morgan fingerprint density at radius 1 is 0.897 bits per heavy atom. The zero-order chi connectivity index (χ0) is 20.7. The highest BCUT2D eigenvalue weighted by molar-refractivity contribution is 7.11. The molecule has 6 heteroatoms. The average molecular weight is 423 g/mol. The second-order valence-corrected chi connectivity index (χ2v) is 8.39. The third-order valence-corrected chi connectivity index (χ3v) is 6.34. The highest BCUT2D eigenvalue weighted by Crippen LogP contribution is 2.36. The molecule has 1 aliphatic heterocycles. The summed E-state index contributed by atoms with van der Waals surface area (Å²) in [5.41, 5.74) is 5.02. The van der Waals surface area contributed by atoms with E-state index in [0.29, 0.717) is 16.3 Å². The van der Waals surface area contributed by atoms with Crippen molar-refractivity contribution in [2.24, 2.45) is 0 Å². The lowest BCUT2D eigenvalue weighted by Crippen LogP contribution is -2.32. The van der Waals surface area contributed by atoms with Gasteiger partial charge in [0, 0.05) is 15.6 Å². The summed E-state index contributed by atoms with van der Waals surface area (Å²) < 4.78 is 0. The number of carbonyl (C=O) groups excluding carboxylic acids is 2. The Morgan fingerprint density at radius 3 is 2.31 bits per heavy atom. The molecule has 0 radical (unpaired) electrons. The van der Waals surface area contributed by atoms with Gasteiger partial charge in [0.25, 0.3) is 11.8 Å². The third-order valence-electron chi connectivity index (χ3n) is 5.04. The molecular weight excluding hydrogens is 404 g/mol. The monoisotopic (exact) mass is 422 g/mol. The van der Waals surface area contributed by atoms with E-state index >= 15 is 0 Å². The topological polar surface area (TPSA) is 49.4 Å². The second kappa shape index (κ2) is 7.50. The first-order valence-corrected chi connectivity index (χ1v) is 10.4. The maximum Gasteiger partial charge on any atom is 0.282 e.